The summed E-state index contributed by atoms with van der Waals surface area (Å²) in [6.07, 6.45) is 4.12. The second-order valence-electron chi connectivity index (χ2n) is 9.73. The number of benzene rings is 1. The first-order valence-corrected chi connectivity index (χ1v) is 11.9. The van der Waals surface area contributed by atoms with Crippen molar-refractivity contribution >= 4 is 11.8 Å². The van der Waals surface area contributed by atoms with Crippen LogP contribution in [-0.2, 0) is 16.0 Å². The number of tetrazole rings is 1. The molecule has 0 spiro atoms. The average Bonchev–Trinajstić information content (AvgIpc) is 3.66. The topological polar surface area (TPSA) is 148 Å². The Balaban J connectivity index is 1.13. The summed E-state index contributed by atoms with van der Waals surface area (Å²) in [5.41, 5.74) is 9.61. The number of aryl methyl sites for hydroxylation is 1. The number of aromatic amines is 1. The van der Waals surface area contributed by atoms with Crippen molar-refractivity contribution in [2.75, 3.05) is 19.6 Å². The van der Waals surface area contributed by atoms with Crippen molar-refractivity contribution in [2.24, 2.45) is 5.73 Å². The molecular formula is C23H27N9O2. The van der Waals surface area contributed by atoms with Crippen molar-refractivity contribution in [1.29, 1.82) is 5.26 Å². The van der Waals surface area contributed by atoms with Gasteiger partial charge in [0.1, 0.15) is 6.04 Å². The summed E-state index contributed by atoms with van der Waals surface area (Å²) in [5, 5.41) is 23.5. The summed E-state index contributed by atoms with van der Waals surface area (Å²) >= 11 is 0. The summed E-state index contributed by atoms with van der Waals surface area (Å²) < 4.78 is 0. The van der Waals surface area contributed by atoms with E-state index in [1.54, 1.807) is 4.90 Å². The summed E-state index contributed by atoms with van der Waals surface area (Å²) in [7, 11) is 0. The van der Waals surface area contributed by atoms with Gasteiger partial charge in [0, 0.05) is 31.2 Å². The Morgan fingerprint density at radius 1 is 1.32 bits per heavy atom. The number of nitriles is 1. The molecule has 2 amide bonds. The lowest BCUT2D eigenvalue weighted by atomic mass is 10.0. The molecule has 3 saturated heterocycles. The molecule has 5 atom stereocenters. The molecule has 4 heterocycles. The van der Waals surface area contributed by atoms with Crippen LogP contribution >= 0.6 is 0 Å². The second-order valence-corrected chi connectivity index (χ2v) is 9.73. The van der Waals surface area contributed by atoms with E-state index in [2.05, 4.69) is 48.6 Å². The number of hydrogen-bond donors (Lipinski definition) is 2. The van der Waals surface area contributed by atoms with Gasteiger partial charge in [0.05, 0.1) is 24.2 Å². The van der Waals surface area contributed by atoms with E-state index in [1.807, 2.05) is 6.07 Å². The predicted molar refractivity (Wildman–Crippen MR) is 120 cm³/mol. The monoisotopic (exact) mass is 461 g/mol. The highest BCUT2D eigenvalue weighted by Gasteiger charge is 2.53. The Morgan fingerprint density at radius 3 is 2.97 bits per heavy atom. The van der Waals surface area contributed by atoms with Gasteiger partial charge in [0.25, 0.3) is 0 Å². The lowest BCUT2D eigenvalue weighted by Crippen LogP contribution is -2.56. The van der Waals surface area contributed by atoms with Crippen LogP contribution in [-0.4, -0.2) is 90.9 Å². The molecule has 3 N–H and O–H groups in total. The lowest BCUT2D eigenvalue weighted by Gasteiger charge is -2.38. The number of rotatable bonds is 5. The molecule has 1 aliphatic carbocycles. The fraction of sp³-hybridized carbons (Fsp3) is 0.565. The number of carbonyl (C=O) groups is 2. The van der Waals surface area contributed by atoms with Crippen molar-refractivity contribution < 1.29 is 9.59 Å². The zero-order valence-electron chi connectivity index (χ0n) is 18.8. The molecule has 6 rings (SSSR count). The molecule has 3 unspecified atom stereocenters. The first-order valence-electron chi connectivity index (χ1n) is 11.9. The normalized spacial score (nSPS) is 29.0. The summed E-state index contributed by atoms with van der Waals surface area (Å²) in [6.45, 7) is 1.66. The predicted octanol–water partition coefficient (Wildman–Crippen LogP) is -0.0190. The number of piperazine rings is 1. The minimum atomic E-state index is -0.717. The minimum Gasteiger partial charge on any atom is -0.330 e. The fourth-order valence-electron chi connectivity index (χ4n) is 6.32. The molecule has 176 valence electrons. The molecule has 1 aromatic heterocycles. The van der Waals surface area contributed by atoms with E-state index < -0.39 is 6.04 Å². The maximum atomic E-state index is 13.4. The molecule has 11 nitrogen and oxygen atoms in total. The quantitative estimate of drug-likeness (QED) is 0.631. The Kier molecular flexibility index (Phi) is 5.08. The van der Waals surface area contributed by atoms with Crippen LogP contribution < -0.4 is 5.73 Å². The van der Waals surface area contributed by atoms with Crippen LogP contribution in [0.4, 0.5) is 0 Å². The van der Waals surface area contributed by atoms with Gasteiger partial charge in [-0.05, 0) is 54.5 Å². The SMILES string of the molecule is N#CC1CCCN1C(=O)C(N)CN1C[C@@H]2C[C@H]1C(=O)N2C1CCc2cc(-c3nn[nH]n3)ccc21. The fourth-order valence-corrected chi connectivity index (χ4v) is 6.32. The summed E-state index contributed by atoms with van der Waals surface area (Å²) in [4.78, 5) is 32.0. The van der Waals surface area contributed by atoms with E-state index in [0.29, 0.717) is 25.3 Å². The van der Waals surface area contributed by atoms with Crippen molar-refractivity contribution in [3.8, 4) is 17.5 Å². The average molecular weight is 462 g/mol. The number of nitrogens with two attached hydrogens (primary N) is 1. The van der Waals surface area contributed by atoms with Crippen LogP contribution in [0.25, 0.3) is 11.4 Å². The van der Waals surface area contributed by atoms with E-state index in [0.717, 1.165) is 37.8 Å². The molecule has 11 heteroatoms. The van der Waals surface area contributed by atoms with Gasteiger partial charge < -0.3 is 15.5 Å². The first-order chi connectivity index (χ1) is 16.5. The standard InChI is InChI=1S/C23H27N9O2/c24-10-15-2-1-7-31(15)22(33)18(25)12-30-11-16-9-20(30)23(34)32(16)19-6-4-13-8-14(3-5-17(13)19)21-26-28-29-27-21/h3,5,8,15-16,18-20H,1-2,4,6-7,9,11-12,25H2,(H,26,27,28,29)/t15?,16-,18?,19?,20-/m0/s1. The van der Waals surface area contributed by atoms with Crippen LogP contribution in [0.2, 0.25) is 0 Å². The second kappa shape index (κ2) is 8.14. The van der Waals surface area contributed by atoms with Crippen LogP contribution in [0.15, 0.2) is 18.2 Å². The summed E-state index contributed by atoms with van der Waals surface area (Å²) in [5.74, 6) is 0.518. The van der Waals surface area contributed by atoms with Gasteiger partial charge in [0.2, 0.25) is 17.6 Å². The number of aromatic nitrogens is 4. The molecular weight excluding hydrogens is 434 g/mol. The van der Waals surface area contributed by atoms with Crippen LogP contribution in [0, 0.1) is 11.3 Å². The smallest absolute Gasteiger partial charge is 0.241 e. The van der Waals surface area contributed by atoms with Gasteiger partial charge in [-0.25, -0.2) is 0 Å². The Labute approximate surface area is 196 Å². The summed E-state index contributed by atoms with van der Waals surface area (Å²) in [6, 6.07) is 7.26. The Hall–Kier alpha value is -3.36. The molecule has 2 aromatic rings. The highest BCUT2D eigenvalue weighted by Crippen LogP contribution is 2.44. The van der Waals surface area contributed by atoms with E-state index in [4.69, 9.17) is 5.73 Å². The van der Waals surface area contributed by atoms with Gasteiger partial charge in [-0.1, -0.05) is 12.1 Å². The van der Waals surface area contributed by atoms with E-state index in [-0.39, 0.29) is 36.0 Å². The highest BCUT2D eigenvalue weighted by molar-refractivity contribution is 5.87. The molecule has 3 aliphatic heterocycles. The third-order valence-electron chi connectivity index (χ3n) is 7.88. The van der Waals surface area contributed by atoms with Gasteiger partial charge in [-0.3, -0.25) is 14.5 Å². The third kappa shape index (κ3) is 3.28. The highest BCUT2D eigenvalue weighted by atomic mass is 16.2. The van der Waals surface area contributed by atoms with E-state index in [9.17, 15) is 14.9 Å². The third-order valence-corrected chi connectivity index (χ3v) is 7.88. The van der Waals surface area contributed by atoms with Crippen molar-refractivity contribution in [3.63, 3.8) is 0 Å². The van der Waals surface area contributed by atoms with Crippen LogP contribution in [0.3, 0.4) is 0 Å². The number of fused-ring (bicyclic) bond motifs is 3. The Morgan fingerprint density at radius 2 is 2.21 bits per heavy atom. The number of amides is 2. The van der Waals surface area contributed by atoms with Crippen LogP contribution in [0.1, 0.15) is 42.9 Å². The van der Waals surface area contributed by atoms with Crippen molar-refractivity contribution in [2.45, 2.75) is 62.3 Å². The number of nitrogens with one attached hydrogen (secondary N) is 1. The number of nitrogens with zero attached hydrogens (tertiary/aromatic N) is 7. The molecule has 0 saturated carbocycles. The zero-order valence-corrected chi connectivity index (χ0v) is 18.8. The van der Waals surface area contributed by atoms with Crippen molar-refractivity contribution in [1.82, 2.24) is 35.3 Å². The number of carbonyl (C=O) groups excluding carboxylic acids is 2. The maximum Gasteiger partial charge on any atom is 0.241 e. The van der Waals surface area contributed by atoms with Crippen molar-refractivity contribution in [3.05, 3.63) is 29.3 Å². The lowest BCUT2D eigenvalue weighted by molar-refractivity contribution is -0.141. The largest absolute Gasteiger partial charge is 0.330 e. The number of H-pyrrole nitrogens is 1. The van der Waals surface area contributed by atoms with Crippen LogP contribution in [0.5, 0.6) is 0 Å². The molecule has 4 aliphatic rings. The van der Waals surface area contributed by atoms with Gasteiger partial charge in [0.15, 0.2) is 0 Å². The zero-order chi connectivity index (χ0) is 23.4. The molecule has 1 aromatic carbocycles. The minimum absolute atomic E-state index is 0.0789. The maximum absolute atomic E-state index is 13.4. The molecule has 34 heavy (non-hydrogen) atoms. The van der Waals surface area contributed by atoms with E-state index >= 15 is 0 Å². The van der Waals surface area contributed by atoms with Gasteiger partial charge in [-0.15, -0.1) is 10.2 Å². The first kappa shape index (κ1) is 21.2. The number of likely N-dealkylation sites (tertiary alicyclic amines) is 3. The van der Waals surface area contributed by atoms with E-state index in [1.165, 1.54) is 11.1 Å². The molecule has 3 fully saturated rings. The number of hydrogen-bond acceptors (Lipinski definition) is 8. The molecule has 0 radical (unpaired) electrons. The molecule has 2 bridgehead atoms. The van der Waals surface area contributed by atoms with Gasteiger partial charge >= 0.3 is 0 Å². The Bertz CT molecular complexity index is 1160. The van der Waals surface area contributed by atoms with Gasteiger partial charge in [-0.2, -0.15) is 10.5 Å².